The second-order valence-electron chi connectivity index (χ2n) is 6.98. The lowest BCUT2D eigenvalue weighted by atomic mass is 10.1. The normalized spacial score (nSPS) is 16.2. The van der Waals surface area contributed by atoms with Crippen molar-refractivity contribution in [2.75, 3.05) is 52.6 Å². The Morgan fingerprint density at radius 2 is 1.80 bits per heavy atom. The van der Waals surface area contributed by atoms with Crippen molar-refractivity contribution in [1.29, 1.82) is 0 Å². The van der Waals surface area contributed by atoms with E-state index in [4.69, 9.17) is 4.74 Å². The maximum absolute atomic E-state index is 12.7. The quantitative estimate of drug-likeness (QED) is 0.579. The average molecular weight is 438 g/mol. The van der Waals surface area contributed by atoms with E-state index in [1.165, 1.54) is 9.21 Å². The molecule has 1 aliphatic heterocycles. The molecule has 2 rings (SSSR count). The summed E-state index contributed by atoms with van der Waals surface area (Å²) in [5.74, 6) is 4.73. The molecule has 9 nitrogen and oxygen atoms in total. The summed E-state index contributed by atoms with van der Waals surface area (Å²) in [5, 5.41) is 9.65. The molecular weight excluding hydrogens is 410 g/mol. The number of carboxylic acids is 1. The molecule has 0 unspecified atom stereocenters. The second kappa shape index (κ2) is 10.4. The van der Waals surface area contributed by atoms with E-state index in [2.05, 4.69) is 11.8 Å². The number of carboxylic acid groups (broad SMARTS) is 1. The van der Waals surface area contributed by atoms with Gasteiger partial charge in [0, 0.05) is 45.3 Å². The largest absolute Gasteiger partial charge is 0.481 e. The monoisotopic (exact) mass is 437 g/mol. The number of hydrogen-bond acceptors (Lipinski definition) is 6. The van der Waals surface area contributed by atoms with E-state index >= 15 is 0 Å². The van der Waals surface area contributed by atoms with Gasteiger partial charge in [0.15, 0.2) is 0 Å². The van der Waals surface area contributed by atoms with Gasteiger partial charge in [-0.2, -0.15) is 4.31 Å². The molecule has 0 spiro atoms. The molecule has 0 saturated carbocycles. The predicted octanol–water partition coefficient (Wildman–Crippen LogP) is 0.191. The van der Waals surface area contributed by atoms with Gasteiger partial charge in [0.2, 0.25) is 10.0 Å². The molecule has 1 atom stereocenters. The van der Waals surface area contributed by atoms with Crippen LogP contribution in [-0.4, -0.2) is 98.2 Å². The molecule has 1 amide bonds. The molecule has 30 heavy (non-hydrogen) atoms. The van der Waals surface area contributed by atoms with Crippen molar-refractivity contribution in [1.82, 2.24) is 14.1 Å². The van der Waals surface area contributed by atoms with Crippen LogP contribution in [0.2, 0.25) is 0 Å². The zero-order chi connectivity index (χ0) is 22.3. The van der Waals surface area contributed by atoms with E-state index in [-0.39, 0.29) is 32.1 Å². The summed E-state index contributed by atoms with van der Waals surface area (Å²) < 4.78 is 30.0. The van der Waals surface area contributed by atoms with Crippen LogP contribution in [0.3, 0.4) is 0 Å². The Kier molecular flexibility index (Phi) is 8.23. The fraction of sp³-hybridized carbons (Fsp3) is 0.500. The Balaban J connectivity index is 1.99. The molecule has 1 heterocycles. The summed E-state index contributed by atoms with van der Waals surface area (Å²) in [7, 11) is -1.75. The Morgan fingerprint density at radius 1 is 1.20 bits per heavy atom. The summed E-state index contributed by atoms with van der Waals surface area (Å²) in [6.07, 6.45) is 1.14. The lowest BCUT2D eigenvalue weighted by Gasteiger charge is -2.37. The van der Waals surface area contributed by atoms with E-state index in [1.807, 2.05) is 0 Å². The van der Waals surface area contributed by atoms with Crippen LogP contribution in [0.5, 0.6) is 5.75 Å². The van der Waals surface area contributed by atoms with Gasteiger partial charge in [-0.1, -0.05) is 5.92 Å². The fourth-order valence-electron chi connectivity index (χ4n) is 3.14. The first-order chi connectivity index (χ1) is 14.1. The van der Waals surface area contributed by atoms with Crippen molar-refractivity contribution in [3.63, 3.8) is 0 Å². The third kappa shape index (κ3) is 6.45. The molecule has 0 radical (unpaired) electrons. The summed E-state index contributed by atoms with van der Waals surface area (Å²) in [5.41, 5.74) is 0.414. The van der Waals surface area contributed by atoms with Gasteiger partial charge in [-0.05, 0) is 31.2 Å². The number of rotatable bonds is 8. The maximum atomic E-state index is 12.7. The Morgan fingerprint density at radius 3 is 2.30 bits per heavy atom. The minimum atomic E-state index is -3.30. The number of amides is 1. The molecular formula is C20H27N3O6S. The molecule has 1 aromatic rings. The van der Waals surface area contributed by atoms with Gasteiger partial charge >= 0.3 is 5.97 Å². The van der Waals surface area contributed by atoms with Gasteiger partial charge in [-0.25, -0.2) is 8.42 Å². The number of carbonyl (C=O) groups is 2. The van der Waals surface area contributed by atoms with Crippen LogP contribution in [0, 0.1) is 11.8 Å². The number of aliphatic carboxylic acids is 1. The van der Waals surface area contributed by atoms with Crippen LogP contribution < -0.4 is 4.74 Å². The average Bonchev–Trinajstić information content (AvgIpc) is 2.71. The molecule has 0 aromatic heterocycles. The van der Waals surface area contributed by atoms with Crippen LogP contribution in [-0.2, 0) is 14.8 Å². The summed E-state index contributed by atoms with van der Waals surface area (Å²) in [4.78, 5) is 27.6. The zero-order valence-electron chi connectivity index (χ0n) is 17.4. The molecule has 1 aliphatic rings. The van der Waals surface area contributed by atoms with Crippen LogP contribution in [0.4, 0.5) is 0 Å². The van der Waals surface area contributed by atoms with Crippen LogP contribution in [0.15, 0.2) is 24.3 Å². The van der Waals surface area contributed by atoms with Crippen LogP contribution in [0.1, 0.15) is 17.3 Å². The van der Waals surface area contributed by atoms with Gasteiger partial charge in [0.1, 0.15) is 18.4 Å². The zero-order valence-corrected chi connectivity index (χ0v) is 18.2. The Hall–Kier alpha value is -2.61. The lowest BCUT2D eigenvalue weighted by Crippen LogP contribution is -2.56. The second-order valence-corrected chi connectivity index (χ2v) is 8.96. The third-order valence-corrected chi connectivity index (χ3v) is 6.15. The van der Waals surface area contributed by atoms with Crippen molar-refractivity contribution < 1.29 is 27.9 Å². The SMILES string of the molecule is CC#CCOc1ccc(C(=O)N(C)C[C@@H](C(=O)O)N2CCN(S(C)(=O)=O)CC2)cc1. The first kappa shape index (κ1) is 23.7. The molecule has 1 fully saturated rings. The predicted molar refractivity (Wildman–Crippen MR) is 112 cm³/mol. The molecule has 1 aromatic carbocycles. The number of likely N-dealkylation sites (N-methyl/N-ethyl adjacent to an activating group) is 1. The van der Waals surface area contributed by atoms with E-state index in [1.54, 1.807) is 43.1 Å². The number of sulfonamides is 1. The van der Waals surface area contributed by atoms with Crippen LogP contribution >= 0.6 is 0 Å². The molecule has 1 N–H and O–H groups in total. The highest BCUT2D eigenvalue weighted by molar-refractivity contribution is 7.88. The van der Waals surface area contributed by atoms with E-state index in [9.17, 15) is 23.1 Å². The van der Waals surface area contributed by atoms with Gasteiger partial charge in [0.25, 0.3) is 5.91 Å². The topological polar surface area (TPSA) is 107 Å². The molecule has 1 saturated heterocycles. The first-order valence-electron chi connectivity index (χ1n) is 9.43. The molecule has 0 bridgehead atoms. The molecule has 164 valence electrons. The van der Waals surface area contributed by atoms with Crippen molar-refractivity contribution in [2.24, 2.45) is 0 Å². The minimum Gasteiger partial charge on any atom is -0.481 e. The summed E-state index contributed by atoms with van der Waals surface area (Å²) >= 11 is 0. The number of carbonyl (C=O) groups excluding carboxylic acids is 1. The highest BCUT2D eigenvalue weighted by Crippen LogP contribution is 2.15. The fourth-order valence-corrected chi connectivity index (χ4v) is 3.97. The number of hydrogen-bond donors (Lipinski definition) is 1. The maximum Gasteiger partial charge on any atom is 0.322 e. The number of benzene rings is 1. The molecule has 0 aliphatic carbocycles. The Bertz CT molecular complexity index is 912. The van der Waals surface area contributed by atoms with E-state index in [0.717, 1.165) is 6.26 Å². The summed E-state index contributed by atoms with van der Waals surface area (Å²) in [6.45, 7) is 3.00. The minimum absolute atomic E-state index is 0.0165. The lowest BCUT2D eigenvalue weighted by molar-refractivity contribution is -0.144. The van der Waals surface area contributed by atoms with E-state index in [0.29, 0.717) is 24.4 Å². The van der Waals surface area contributed by atoms with Gasteiger partial charge in [-0.3, -0.25) is 14.5 Å². The highest BCUT2D eigenvalue weighted by atomic mass is 32.2. The Labute approximate surface area is 177 Å². The van der Waals surface area contributed by atoms with Crippen molar-refractivity contribution >= 4 is 21.9 Å². The highest BCUT2D eigenvalue weighted by Gasteiger charge is 2.33. The number of piperazine rings is 1. The summed E-state index contributed by atoms with van der Waals surface area (Å²) in [6, 6.07) is 5.65. The number of ether oxygens (including phenoxy) is 1. The van der Waals surface area contributed by atoms with Gasteiger partial charge in [-0.15, -0.1) is 5.92 Å². The van der Waals surface area contributed by atoms with E-state index < -0.39 is 22.0 Å². The van der Waals surface area contributed by atoms with Crippen molar-refractivity contribution in [3.05, 3.63) is 29.8 Å². The smallest absolute Gasteiger partial charge is 0.322 e. The van der Waals surface area contributed by atoms with Gasteiger partial charge < -0.3 is 14.7 Å². The standard InChI is InChI=1S/C20H27N3O6S/c1-4-5-14-29-17-8-6-16(7-9-17)19(24)21(2)15-18(20(25)26)22-10-12-23(13-11-22)30(3,27)28/h6-9,18H,10-15H2,1-3H3,(H,25,26)/t18-/m0/s1. The third-order valence-electron chi connectivity index (χ3n) is 4.85. The van der Waals surface area contributed by atoms with Gasteiger partial charge in [0.05, 0.1) is 6.26 Å². The van der Waals surface area contributed by atoms with Crippen molar-refractivity contribution in [2.45, 2.75) is 13.0 Å². The van der Waals surface area contributed by atoms with Crippen molar-refractivity contribution in [3.8, 4) is 17.6 Å². The first-order valence-corrected chi connectivity index (χ1v) is 11.3. The van der Waals surface area contributed by atoms with Crippen LogP contribution in [0.25, 0.3) is 0 Å². The molecule has 10 heteroatoms. The number of nitrogens with zero attached hydrogens (tertiary/aromatic N) is 3.